The van der Waals surface area contributed by atoms with Crippen molar-refractivity contribution < 1.29 is 17.9 Å². The van der Waals surface area contributed by atoms with E-state index in [4.69, 9.17) is 4.74 Å². The van der Waals surface area contributed by atoms with E-state index in [1.807, 2.05) is 13.1 Å². The Hall–Kier alpha value is -2.80. The van der Waals surface area contributed by atoms with Gasteiger partial charge in [0, 0.05) is 32.0 Å². The molecular weight excluding hydrogens is 415 g/mol. The fourth-order valence-corrected chi connectivity index (χ4v) is 5.37. The van der Waals surface area contributed by atoms with Gasteiger partial charge in [-0.15, -0.1) is 0 Å². The molecule has 2 heterocycles. The molecule has 2 aromatic carbocycles. The lowest BCUT2D eigenvalue weighted by molar-refractivity contribution is 0.0509. The predicted octanol–water partition coefficient (Wildman–Crippen LogP) is 5.14. The highest BCUT2D eigenvalue weighted by Gasteiger charge is 2.44. The maximum atomic E-state index is 14.3. The molecule has 1 aromatic heterocycles. The molecule has 1 saturated heterocycles. The van der Waals surface area contributed by atoms with E-state index in [1.54, 1.807) is 30.5 Å². The third kappa shape index (κ3) is 4.13. The standard InChI is InChI=1S/C25H26F3N3O/c1-16-29-8-9-31(16)23-11-18-14-30(13-17-6-7-20(26)22(28)10-17)15-19(18)12-25(23)32-24-5-3-2-4-21(24)27/h2-10,18-19,23,25H,11-15H2,1H3/t18-,19+,23-,25-/m0/s1. The second-order valence-electron chi connectivity index (χ2n) is 8.97. The second-order valence-corrected chi connectivity index (χ2v) is 8.97. The molecule has 1 aliphatic heterocycles. The number of rotatable bonds is 5. The predicted molar refractivity (Wildman–Crippen MR) is 115 cm³/mol. The van der Waals surface area contributed by atoms with Gasteiger partial charge in [0.15, 0.2) is 23.2 Å². The average Bonchev–Trinajstić information content (AvgIpc) is 3.36. The molecule has 1 saturated carbocycles. The Bertz CT molecular complexity index is 1100. The summed E-state index contributed by atoms with van der Waals surface area (Å²) in [6, 6.07) is 10.7. The Kier molecular flexibility index (Phi) is 5.67. The molecule has 3 aromatic rings. The van der Waals surface area contributed by atoms with Crippen LogP contribution in [0.5, 0.6) is 5.75 Å². The zero-order valence-electron chi connectivity index (χ0n) is 17.9. The van der Waals surface area contributed by atoms with Gasteiger partial charge in [-0.25, -0.2) is 18.2 Å². The number of likely N-dealkylation sites (tertiary alicyclic amines) is 1. The molecule has 5 rings (SSSR count). The molecule has 0 bridgehead atoms. The van der Waals surface area contributed by atoms with E-state index >= 15 is 0 Å². The Morgan fingerprint density at radius 1 is 0.969 bits per heavy atom. The van der Waals surface area contributed by atoms with Crippen LogP contribution in [0, 0.1) is 36.2 Å². The quantitative estimate of drug-likeness (QED) is 0.549. The number of benzene rings is 2. The zero-order chi connectivity index (χ0) is 22.2. The number of ether oxygens (including phenoxy) is 1. The van der Waals surface area contributed by atoms with Crippen LogP contribution in [0.1, 0.15) is 30.3 Å². The van der Waals surface area contributed by atoms with Crippen LogP contribution >= 0.6 is 0 Å². The van der Waals surface area contributed by atoms with Crippen LogP contribution < -0.4 is 4.74 Å². The van der Waals surface area contributed by atoms with E-state index in [0.717, 1.165) is 37.3 Å². The number of hydrogen-bond acceptors (Lipinski definition) is 3. The van der Waals surface area contributed by atoms with Crippen LogP contribution in [0.25, 0.3) is 0 Å². The molecular formula is C25H26F3N3O. The summed E-state index contributed by atoms with van der Waals surface area (Å²) < 4.78 is 49.6. The van der Waals surface area contributed by atoms with Crippen LogP contribution in [0.3, 0.4) is 0 Å². The second kappa shape index (κ2) is 8.62. The first-order valence-corrected chi connectivity index (χ1v) is 11.0. The Labute approximate surface area is 185 Å². The Balaban J connectivity index is 1.35. The molecule has 0 unspecified atom stereocenters. The monoisotopic (exact) mass is 441 g/mol. The molecule has 2 fully saturated rings. The third-order valence-corrected chi connectivity index (χ3v) is 6.89. The maximum absolute atomic E-state index is 14.3. The van der Waals surface area contributed by atoms with E-state index in [0.29, 0.717) is 18.4 Å². The summed E-state index contributed by atoms with van der Waals surface area (Å²) in [5.41, 5.74) is 0.767. The molecule has 168 valence electrons. The first-order valence-electron chi connectivity index (χ1n) is 11.0. The minimum atomic E-state index is -0.824. The topological polar surface area (TPSA) is 30.3 Å². The van der Waals surface area contributed by atoms with Crippen LogP contribution in [-0.4, -0.2) is 33.6 Å². The molecule has 0 radical (unpaired) electrons. The number of hydrogen-bond donors (Lipinski definition) is 0. The SMILES string of the molecule is Cc1nccn1[C@H]1C[C@H]2CN(Cc3ccc(F)c(F)c3)C[C@H]2C[C@@H]1Oc1ccccc1F. The summed E-state index contributed by atoms with van der Waals surface area (Å²) in [5.74, 6) is 0.0399. The van der Waals surface area contributed by atoms with Crippen molar-refractivity contribution in [3.05, 3.63) is 83.7 Å². The minimum Gasteiger partial charge on any atom is -0.485 e. The Morgan fingerprint density at radius 2 is 1.75 bits per heavy atom. The molecule has 4 atom stereocenters. The van der Waals surface area contributed by atoms with Crippen molar-refractivity contribution in [2.24, 2.45) is 11.8 Å². The molecule has 7 heteroatoms. The third-order valence-electron chi connectivity index (χ3n) is 6.89. The highest BCUT2D eigenvalue weighted by molar-refractivity contribution is 5.24. The van der Waals surface area contributed by atoms with Gasteiger partial charge in [-0.1, -0.05) is 18.2 Å². The van der Waals surface area contributed by atoms with Crippen molar-refractivity contribution in [1.29, 1.82) is 0 Å². The van der Waals surface area contributed by atoms with Crippen LogP contribution in [0.2, 0.25) is 0 Å². The van der Waals surface area contributed by atoms with E-state index < -0.39 is 11.6 Å². The summed E-state index contributed by atoms with van der Waals surface area (Å²) in [7, 11) is 0. The molecule has 1 aliphatic carbocycles. The highest BCUT2D eigenvalue weighted by Crippen LogP contribution is 2.43. The lowest BCUT2D eigenvalue weighted by Crippen LogP contribution is -2.40. The smallest absolute Gasteiger partial charge is 0.165 e. The summed E-state index contributed by atoms with van der Waals surface area (Å²) >= 11 is 0. The fraction of sp³-hybridized carbons (Fsp3) is 0.400. The van der Waals surface area contributed by atoms with E-state index in [2.05, 4.69) is 14.5 Å². The number of para-hydroxylation sites is 1. The first-order chi connectivity index (χ1) is 15.5. The van der Waals surface area contributed by atoms with Gasteiger partial charge in [-0.2, -0.15) is 0 Å². The number of fused-ring (bicyclic) bond motifs is 1. The van der Waals surface area contributed by atoms with Gasteiger partial charge in [0.05, 0.1) is 6.04 Å². The van der Waals surface area contributed by atoms with E-state index in [-0.39, 0.29) is 23.7 Å². The highest BCUT2D eigenvalue weighted by atomic mass is 19.2. The van der Waals surface area contributed by atoms with Gasteiger partial charge >= 0.3 is 0 Å². The minimum absolute atomic E-state index is 0.0570. The number of halogens is 3. The average molecular weight is 441 g/mol. The molecule has 32 heavy (non-hydrogen) atoms. The van der Waals surface area contributed by atoms with Crippen molar-refractivity contribution in [2.75, 3.05) is 13.1 Å². The fourth-order valence-electron chi connectivity index (χ4n) is 5.37. The molecule has 0 N–H and O–H groups in total. The van der Waals surface area contributed by atoms with Crippen LogP contribution in [0.4, 0.5) is 13.2 Å². The molecule has 2 aliphatic rings. The Morgan fingerprint density at radius 3 is 2.47 bits per heavy atom. The normalized spacial score (nSPS) is 25.6. The van der Waals surface area contributed by atoms with Crippen molar-refractivity contribution >= 4 is 0 Å². The van der Waals surface area contributed by atoms with Crippen molar-refractivity contribution in [1.82, 2.24) is 14.5 Å². The lowest BCUT2D eigenvalue weighted by Gasteiger charge is -2.39. The molecule has 4 nitrogen and oxygen atoms in total. The number of imidazole rings is 1. The van der Waals surface area contributed by atoms with E-state index in [1.165, 1.54) is 18.2 Å². The maximum Gasteiger partial charge on any atom is 0.165 e. The van der Waals surface area contributed by atoms with Crippen molar-refractivity contribution in [3.8, 4) is 5.75 Å². The van der Waals surface area contributed by atoms with Crippen molar-refractivity contribution in [3.63, 3.8) is 0 Å². The van der Waals surface area contributed by atoms with Crippen molar-refractivity contribution in [2.45, 2.75) is 38.5 Å². The summed E-state index contributed by atoms with van der Waals surface area (Å²) in [6.07, 6.45) is 5.27. The summed E-state index contributed by atoms with van der Waals surface area (Å²) in [4.78, 5) is 6.68. The van der Waals surface area contributed by atoms with Crippen LogP contribution in [-0.2, 0) is 6.54 Å². The summed E-state index contributed by atoms with van der Waals surface area (Å²) in [6.45, 7) is 4.30. The molecule has 0 amide bonds. The van der Waals surface area contributed by atoms with Gasteiger partial charge in [0.1, 0.15) is 11.9 Å². The number of nitrogens with zero attached hydrogens (tertiary/aromatic N) is 3. The van der Waals surface area contributed by atoms with E-state index in [9.17, 15) is 13.2 Å². The molecule has 0 spiro atoms. The van der Waals surface area contributed by atoms with Gasteiger partial charge < -0.3 is 9.30 Å². The summed E-state index contributed by atoms with van der Waals surface area (Å²) in [5, 5.41) is 0. The number of aromatic nitrogens is 2. The largest absolute Gasteiger partial charge is 0.485 e. The van der Waals surface area contributed by atoms with Gasteiger partial charge in [-0.05, 0) is 61.4 Å². The van der Waals surface area contributed by atoms with Gasteiger partial charge in [-0.3, -0.25) is 4.90 Å². The van der Waals surface area contributed by atoms with Crippen LogP contribution in [0.15, 0.2) is 54.9 Å². The lowest BCUT2D eigenvalue weighted by atomic mass is 9.77. The zero-order valence-corrected chi connectivity index (χ0v) is 17.9. The van der Waals surface area contributed by atoms with Gasteiger partial charge in [0.2, 0.25) is 0 Å². The first kappa shape index (κ1) is 21.1. The number of aryl methyl sites for hydroxylation is 1. The van der Waals surface area contributed by atoms with Gasteiger partial charge in [0.25, 0.3) is 0 Å².